The van der Waals surface area contributed by atoms with Crippen LogP contribution in [0.25, 0.3) is 11.2 Å². The zero-order valence-corrected chi connectivity index (χ0v) is 58.7. The molecule has 25 heteroatoms. The smallest absolute Gasteiger partial charge is 0.472 e. The Morgan fingerprint density at radius 3 is 1.69 bits per heavy atom. The number of carbonyl (C=O) groups is 6. The molecular formula is C69H118N9O15P. The molecule has 94 heavy (non-hydrogen) atoms. The van der Waals surface area contributed by atoms with Crippen LogP contribution in [-0.2, 0) is 58.3 Å². The number of nitrogens with zero attached hydrogens (tertiary/aromatic N) is 3. The average molecular weight is 1340 g/mol. The lowest BCUT2D eigenvalue weighted by Gasteiger charge is -2.33. The van der Waals surface area contributed by atoms with E-state index in [2.05, 4.69) is 55.1 Å². The summed E-state index contributed by atoms with van der Waals surface area (Å²) in [6.45, 7) is 13.2. The quantitative estimate of drug-likeness (QED) is 0.0148. The number of phosphoric acid groups is 1. The van der Waals surface area contributed by atoms with E-state index in [1.165, 1.54) is 160 Å². The molecule has 3 rings (SSSR count). The van der Waals surface area contributed by atoms with E-state index < -0.39 is 73.0 Å². The summed E-state index contributed by atoms with van der Waals surface area (Å²) in [4.78, 5) is 110. The Kier molecular flexibility index (Phi) is 45.2. The summed E-state index contributed by atoms with van der Waals surface area (Å²) in [6.07, 6.45) is 36.5. The number of phosphoric ester groups is 1. The Balaban J connectivity index is 0.0000149. The number of carbonyl (C=O) groups excluding carboxylic acids is 5. The third-order valence-electron chi connectivity index (χ3n) is 15.9. The first kappa shape index (κ1) is 84.2. The van der Waals surface area contributed by atoms with Crippen molar-refractivity contribution in [2.24, 2.45) is 0 Å². The molecule has 3 aromatic rings. The highest BCUT2D eigenvalue weighted by atomic mass is 31.2. The summed E-state index contributed by atoms with van der Waals surface area (Å²) in [5.41, 5.74) is 4.78. The SMILES string of the molecule is C=O.CCCCCCCCCCCCCCCCCC(=O)OC[C@H](COP(=O)(O)OCCNCC(C)(C)OCC(C)(C)NC(=O)CCC(NC(=O)c1ccc(NCc2cnc3nc(N)[nH]c(=O)c3n2)cc1)C(=O)O)OC(=O)CCCCCCCCCCCCCCCCC. The summed E-state index contributed by atoms with van der Waals surface area (Å²) >= 11 is 0. The Hall–Kier alpha value is -5.91. The minimum Gasteiger partial charge on any atom is -0.480 e. The van der Waals surface area contributed by atoms with Crippen LogP contribution in [0, 0.1) is 0 Å². The largest absolute Gasteiger partial charge is 0.480 e. The number of nitrogens with one attached hydrogen (secondary N) is 5. The van der Waals surface area contributed by atoms with Gasteiger partial charge in [0.2, 0.25) is 11.9 Å². The number of anilines is 2. The number of benzene rings is 1. The van der Waals surface area contributed by atoms with Crippen molar-refractivity contribution in [1.29, 1.82) is 0 Å². The fourth-order valence-corrected chi connectivity index (χ4v) is 11.2. The molecule has 0 aliphatic carbocycles. The number of aliphatic carboxylic acids is 1. The third-order valence-corrected chi connectivity index (χ3v) is 16.9. The van der Waals surface area contributed by atoms with Crippen LogP contribution in [0.3, 0.4) is 0 Å². The predicted molar refractivity (Wildman–Crippen MR) is 368 cm³/mol. The molecule has 0 saturated heterocycles. The maximum Gasteiger partial charge on any atom is 0.472 e. The number of unbranched alkanes of at least 4 members (excludes halogenated alkanes) is 28. The zero-order valence-electron chi connectivity index (χ0n) is 57.8. The number of aromatic amines is 1. The number of H-pyrrole nitrogens is 1. The molecule has 2 unspecified atom stereocenters. The second-order valence-corrected chi connectivity index (χ2v) is 27.2. The number of nitrogens with two attached hydrogens (primary N) is 1. The van der Waals surface area contributed by atoms with Gasteiger partial charge in [0.1, 0.15) is 19.4 Å². The standard InChI is InChI=1S/C68H116N9O14P.CH2O/c1-7-9-11-13-15-17-19-21-23-25-27-29-31-33-35-37-59(79)87-49-56(91-60(80)38-36-34-32-30-28-26-24-22-20-18-16-14-12-10-8-2)50-90-92(85,86)89-46-45-70-51-68(5,6)88-52-67(3,4)77-58(78)44-43-57(65(83)84)74-63(81)53-39-41-54(42-40-53)71-47-55-48-72-62-61(73-55)64(82)76-66(69)75-62;1-2/h39-42,48,56-57,70-71H,7-38,43-47,49-52H2,1-6H3,(H,74,81)(H,77,78)(H,83,84)(H,85,86)(H3,69,72,75,76,82);1H2/t56-,57?;/m1./s1. The Morgan fingerprint density at radius 1 is 0.681 bits per heavy atom. The van der Waals surface area contributed by atoms with Crippen molar-refractivity contribution in [1.82, 2.24) is 35.9 Å². The van der Waals surface area contributed by atoms with Crippen LogP contribution in [0.4, 0.5) is 11.6 Å². The van der Waals surface area contributed by atoms with E-state index in [0.29, 0.717) is 24.2 Å². The number of hydrogen-bond acceptors (Lipinski definition) is 19. The van der Waals surface area contributed by atoms with Gasteiger partial charge >= 0.3 is 25.7 Å². The number of carboxylic acids is 1. The molecule has 0 spiro atoms. The van der Waals surface area contributed by atoms with Gasteiger partial charge in [0.25, 0.3) is 11.5 Å². The van der Waals surface area contributed by atoms with Crippen molar-refractivity contribution in [3.05, 3.63) is 52.1 Å². The van der Waals surface area contributed by atoms with E-state index in [9.17, 15) is 43.3 Å². The van der Waals surface area contributed by atoms with Gasteiger partial charge < -0.3 is 56.0 Å². The lowest BCUT2D eigenvalue weighted by Crippen LogP contribution is -2.50. The van der Waals surface area contributed by atoms with Gasteiger partial charge in [-0.05, 0) is 71.2 Å². The summed E-state index contributed by atoms with van der Waals surface area (Å²) < 4.78 is 40.9. The van der Waals surface area contributed by atoms with Gasteiger partial charge in [-0.15, -0.1) is 0 Å². The molecule has 0 fully saturated rings. The van der Waals surface area contributed by atoms with E-state index in [-0.39, 0.29) is 87.8 Å². The van der Waals surface area contributed by atoms with Crippen molar-refractivity contribution in [2.45, 2.75) is 290 Å². The average Bonchev–Trinajstić information content (AvgIpc) is 0.831. The molecule has 2 heterocycles. The van der Waals surface area contributed by atoms with Gasteiger partial charge in [0.05, 0.1) is 49.4 Å². The van der Waals surface area contributed by atoms with Gasteiger partial charge in [-0.3, -0.25) is 38.0 Å². The third kappa shape index (κ3) is 41.8. The normalized spacial score (nSPS) is 12.9. The fraction of sp³-hybridized carbons (Fsp3) is 0.739. The first-order valence-electron chi connectivity index (χ1n) is 34.9. The zero-order chi connectivity index (χ0) is 69.3. The molecule has 534 valence electrons. The van der Waals surface area contributed by atoms with Crippen molar-refractivity contribution in [2.75, 3.05) is 50.6 Å². The maximum atomic E-state index is 13.1. The second kappa shape index (κ2) is 50.5. The molecule has 0 aliphatic rings. The van der Waals surface area contributed by atoms with E-state index in [1.54, 1.807) is 26.0 Å². The van der Waals surface area contributed by atoms with Crippen LogP contribution in [0.5, 0.6) is 0 Å². The van der Waals surface area contributed by atoms with Gasteiger partial charge in [0.15, 0.2) is 17.3 Å². The van der Waals surface area contributed by atoms with E-state index >= 15 is 0 Å². The molecular weight excluding hydrogens is 1230 g/mol. The summed E-state index contributed by atoms with van der Waals surface area (Å²) in [5, 5.41) is 21.5. The Morgan fingerprint density at radius 2 is 1.18 bits per heavy atom. The van der Waals surface area contributed by atoms with Crippen molar-refractivity contribution >= 4 is 67.1 Å². The van der Waals surface area contributed by atoms with E-state index in [0.717, 1.165) is 38.5 Å². The number of aromatic nitrogens is 4. The monoisotopic (exact) mass is 1340 g/mol. The molecule has 24 nitrogen and oxygen atoms in total. The molecule has 3 atom stereocenters. The highest BCUT2D eigenvalue weighted by Crippen LogP contribution is 2.43. The number of rotatable bonds is 57. The van der Waals surface area contributed by atoms with Gasteiger partial charge in [-0.1, -0.05) is 194 Å². The molecule has 9 N–H and O–H groups in total. The Bertz CT molecular complexity index is 2680. The fourth-order valence-electron chi connectivity index (χ4n) is 10.4. The molecule has 0 bridgehead atoms. The molecule has 0 aliphatic heterocycles. The minimum absolute atomic E-state index is 0.0366. The number of ether oxygens (including phenoxy) is 3. The number of nitrogen functional groups attached to an aromatic ring is 1. The van der Waals surface area contributed by atoms with Gasteiger partial charge in [-0.2, -0.15) is 4.98 Å². The number of esters is 2. The number of amides is 2. The van der Waals surface area contributed by atoms with Crippen LogP contribution < -0.4 is 32.6 Å². The van der Waals surface area contributed by atoms with Gasteiger partial charge in [-0.25, -0.2) is 19.3 Å². The highest BCUT2D eigenvalue weighted by Gasteiger charge is 2.30. The maximum absolute atomic E-state index is 13.1. The van der Waals surface area contributed by atoms with Crippen molar-refractivity contribution in [3.8, 4) is 0 Å². The summed E-state index contributed by atoms with van der Waals surface area (Å²) in [6, 6.07) is 4.90. The van der Waals surface area contributed by atoms with Crippen LogP contribution in [0.2, 0.25) is 0 Å². The molecule has 0 radical (unpaired) electrons. The summed E-state index contributed by atoms with van der Waals surface area (Å²) in [7, 11) is -4.64. The van der Waals surface area contributed by atoms with E-state index in [4.69, 9.17) is 33.8 Å². The molecule has 0 saturated carbocycles. The lowest BCUT2D eigenvalue weighted by atomic mass is 10.0. The summed E-state index contributed by atoms with van der Waals surface area (Å²) in [5.74, 6) is -3.41. The number of carboxylic acid groups (broad SMARTS) is 1. The van der Waals surface area contributed by atoms with Crippen LogP contribution in [0.15, 0.2) is 35.3 Å². The van der Waals surface area contributed by atoms with Crippen molar-refractivity contribution in [3.63, 3.8) is 0 Å². The molecule has 1 aromatic carbocycles. The Labute approximate surface area is 559 Å². The van der Waals surface area contributed by atoms with Crippen LogP contribution >= 0.6 is 7.82 Å². The highest BCUT2D eigenvalue weighted by molar-refractivity contribution is 7.47. The van der Waals surface area contributed by atoms with E-state index in [1.807, 2.05) is 20.6 Å². The second-order valence-electron chi connectivity index (χ2n) is 25.8. The first-order valence-corrected chi connectivity index (χ1v) is 36.4. The molecule has 2 amide bonds. The minimum atomic E-state index is -4.64. The van der Waals surface area contributed by atoms with Crippen molar-refractivity contribution < 1.29 is 66.6 Å². The topological polar surface area (TPSA) is 352 Å². The molecule has 2 aromatic heterocycles. The van der Waals surface area contributed by atoms with Gasteiger partial charge in [0, 0.05) is 43.6 Å². The van der Waals surface area contributed by atoms with Crippen LogP contribution in [-0.4, -0.2) is 129 Å². The number of hydrogen-bond donors (Lipinski definition) is 8. The lowest BCUT2D eigenvalue weighted by molar-refractivity contribution is -0.161. The number of fused-ring (bicyclic) bond motifs is 1. The van der Waals surface area contributed by atoms with Crippen LogP contribution in [0.1, 0.15) is 276 Å². The predicted octanol–water partition coefficient (Wildman–Crippen LogP) is 13.1. The first-order chi connectivity index (χ1) is 45.1.